The molecule has 1 aliphatic rings. The van der Waals surface area contributed by atoms with Gasteiger partial charge in [0, 0.05) is 19.6 Å². The van der Waals surface area contributed by atoms with Crippen molar-refractivity contribution in [2.24, 2.45) is 17.1 Å². The number of likely N-dealkylation sites (tertiary alicyclic amines) is 1. The molecule has 0 amide bonds. The largest absolute Gasteiger partial charge is 0.330 e. The van der Waals surface area contributed by atoms with Crippen molar-refractivity contribution < 1.29 is 0 Å². The van der Waals surface area contributed by atoms with E-state index < -0.39 is 0 Å². The standard InChI is InChI=1S/C11H24N2/c1-4-5-10-6-13(7-10)9-11(2,3)8-12/h10H,4-9,12H2,1-3H3. The Kier molecular flexibility index (Phi) is 3.74. The summed E-state index contributed by atoms with van der Waals surface area (Å²) in [5.74, 6) is 0.971. The minimum atomic E-state index is 0.303. The topological polar surface area (TPSA) is 29.3 Å². The molecule has 1 rings (SSSR count). The van der Waals surface area contributed by atoms with Crippen LogP contribution in [0.1, 0.15) is 33.6 Å². The molecule has 1 heterocycles. The van der Waals surface area contributed by atoms with Crippen molar-refractivity contribution in [1.29, 1.82) is 0 Å². The fraction of sp³-hybridized carbons (Fsp3) is 1.00. The molecule has 0 radical (unpaired) electrons. The van der Waals surface area contributed by atoms with Gasteiger partial charge in [0.2, 0.25) is 0 Å². The van der Waals surface area contributed by atoms with E-state index in [4.69, 9.17) is 5.73 Å². The maximum absolute atomic E-state index is 5.70. The first-order chi connectivity index (χ1) is 6.07. The summed E-state index contributed by atoms with van der Waals surface area (Å²) in [5, 5.41) is 0. The monoisotopic (exact) mass is 184 g/mol. The van der Waals surface area contributed by atoms with E-state index in [-0.39, 0.29) is 0 Å². The smallest absolute Gasteiger partial charge is 0.00450 e. The molecule has 0 bridgehead atoms. The van der Waals surface area contributed by atoms with Crippen LogP contribution in [-0.4, -0.2) is 31.1 Å². The quantitative estimate of drug-likeness (QED) is 0.704. The van der Waals surface area contributed by atoms with E-state index in [9.17, 15) is 0 Å². The Morgan fingerprint density at radius 2 is 2.00 bits per heavy atom. The SMILES string of the molecule is CCCC1CN(CC(C)(C)CN)C1. The first-order valence-electron chi connectivity index (χ1n) is 5.50. The Balaban J connectivity index is 2.14. The fourth-order valence-electron chi connectivity index (χ4n) is 2.07. The predicted molar refractivity (Wildman–Crippen MR) is 57.7 cm³/mol. The van der Waals surface area contributed by atoms with Gasteiger partial charge in [0.15, 0.2) is 0 Å². The molecule has 2 heteroatoms. The summed E-state index contributed by atoms with van der Waals surface area (Å²) >= 11 is 0. The summed E-state index contributed by atoms with van der Waals surface area (Å²) in [4.78, 5) is 2.53. The molecule has 1 aliphatic heterocycles. The third kappa shape index (κ3) is 3.28. The second-order valence-electron chi connectivity index (χ2n) is 5.22. The van der Waals surface area contributed by atoms with Crippen LogP contribution in [-0.2, 0) is 0 Å². The van der Waals surface area contributed by atoms with Gasteiger partial charge >= 0.3 is 0 Å². The van der Waals surface area contributed by atoms with Crippen LogP contribution in [0.5, 0.6) is 0 Å². The molecule has 0 aromatic carbocycles. The zero-order chi connectivity index (χ0) is 9.90. The molecule has 0 aliphatic carbocycles. The van der Waals surface area contributed by atoms with Gasteiger partial charge in [-0.15, -0.1) is 0 Å². The number of hydrogen-bond donors (Lipinski definition) is 1. The lowest BCUT2D eigenvalue weighted by Gasteiger charge is -2.43. The summed E-state index contributed by atoms with van der Waals surface area (Å²) in [6.45, 7) is 11.3. The van der Waals surface area contributed by atoms with Gasteiger partial charge in [-0.2, -0.15) is 0 Å². The molecule has 78 valence electrons. The molecule has 0 aromatic rings. The average molecular weight is 184 g/mol. The molecule has 13 heavy (non-hydrogen) atoms. The minimum Gasteiger partial charge on any atom is -0.330 e. The van der Waals surface area contributed by atoms with Crippen LogP contribution < -0.4 is 5.73 Å². The fourth-order valence-corrected chi connectivity index (χ4v) is 2.07. The van der Waals surface area contributed by atoms with Crippen molar-refractivity contribution in [1.82, 2.24) is 4.90 Å². The summed E-state index contributed by atoms with van der Waals surface area (Å²) in [5.41, 5.74) is 6.00. The molecular formula is C11H24N2. The van der Waals surface area contributed by atoms with Crippen LogP contribution in [0.15, 0.2) is 0 Å². The summed E-state index contributed by atoms with van der Waals surface area (Å²) < 4.78 is 0. The molecule has 0 unspecified atom stereocenters. The molecule has 1 fully saturated rings. The molecule has 0 spiro atoms. The lowest BCUT2D eigenvalue weighted by atomic mass is 9.88. The first kappa shape index (κ1) is 11.0. The number of nitrogens with two attached hydrogens (primary N) is 1. The van der Waals surface area contributed by atoms with Crippen molar-refractivity contribution in [2.45, 2.75) is 33.6 Å². The summed E-state index contributed by atoms with van der Waals surface area (Å²) in [6.07, 6.45) is 2.73. The van der Waals surface area contributed by atoms with Crippen LogP contribution >= 0.6 is 0 Å². The van der Waals surface area contributed by atoms with Crippen LogP contribution in [0.4, 0.5) is 0 Å². The van der Waals surface area contributed by atoms with Crippen LogP contribution in [0, 0.1) is 11.3 Å². The zero-order valence-corrected chi connectivity index (χ0v) is 9.34. The number of nitrogens with zero attached hydrogens (tertiary/aromatic N) is 1. The van der Waals surface area contributed by atoms with Gasteiger partial charge in [0.25, 0.3) is 0 Å². The average Bonchev–Trinajstić information content (AvgIpc) is 2.01. The highest BCUT2D eigenvalue weighted by atomic mass is 15.2. The first-order valence-corrected chi connectivity index (χ1v) is 5.50. The second kappa shape index (κ2) is 4.43. The second-order valence-corrected chi connectivity index (χ2v) is 5.22. The number of rotatable bonds is 5. The third-order valence-corrected chi connectivity index (χ3v) is 2.93. The van der Waals surface area contributed by atoms with E-state index in [0.29, 0.717) is 5.41 Å². The van der Waals surface area contributed by atoms with Crippen molar-refractivity contribution in [3.63, 3.8) is 0 Å². The highest BCUT2D eigenvalue weighted by molar-refractivity contribution is 4.84. The van der Waals surface area contributed by atoms with Gasteiger partial charge < -0.3 is 10.6 Å². The molecule has 1 saturated heterocycles. The van der Waals surface area contributed by atoms with E-state index in [1.807, 2.05) is 0 Å². The van der Waals surface area contributed by atoms with Gasteiger partial charge in [-0.25, -0.2) is 0 Å². The van der Waals surface area contributed by atoms with E-state index in [1.165, 1.54) is 32.5 Å². The molecule has 2 N–H and O–H groups in total. The minimum absolute atomic E-state index is 0.303. The summed E-state index contributed by atoms with van der Waals surface area (Å²) in [7, 11) is 0. The van der Waals surface area contributed by atoms with Crippen molar-refractivity contribution >= 4 is 0 Å². The molecular weight excluding hydrogens is 160 g/mol. The lowest BCUT2D eigenvalue weighted by Crippen LogP contribution is -2.51. The van der Waals surface area contributed by atoms with Crippen molar-refractivity contribution in [2.75, 3.05) is 26.2 Å². The van der Waals surface area contributed by atoms with Crippen molar-refractivity contribution in [3.8, 4) is 0 Å². The number of hydrogen-bond acceptors (Lipinski definition) is 2. The van der Waals surface area contributed by atoms with Crippen LogP contribution in [0.2, 0.25) is 0 Å². The Labute approximate surface area is 82.5 Å². The Morgan fingerprint density at radius 3 is 2.46 bits per heavy atom. The third-order valence-electron chi connectivity index (χ3n) is 2.93. The maximum Gasteiger partial charge on any atom is 0.00450 e. The van der Waals surface area contributed by atoms with Gasteiger partial charge in [-0.3, -0.25) is 0 Å². The van der Waals surface area contributed by atoms with Gasteiger partial charge in [-0.05, 0) is 24.3 Å². The van der Waals surface area contributed by atoms with Gasteiger partial charge in [0.1, 0.15) is 0 Å². The maximum atomic E-state index is 5.70. The van der Waals surface area contributed by atoms with Crippen molar-refractivity contribution in [3.05, 3.63) is 0 Å². The molecule has 0 aromatic heterocycles. The van der Waals surface area contributed by atoms with E-state index >= 15 is 0 Å². The highest BCUT2D eigenvalue weighted by Gasteiger charge is 2.29. The van der Waals surface area contributed by atoms with Crippen LogP contribution in [0.25, 0.3) is 0 Å². The zero-order valence-electron chi connectivity index (χ0n) is 9.34. The Bertz CT molecular complexity index is 148. The molecule has 2 nitrogen and oxygen atoms in total. The summed E-state index contributed by atoms with van der Waals surface area (Å²) in [6, 6.07) is 0. The van der Waals surface area contributed by atoms with E-state index in [0.717, 1.165) is 12.5 Å². The Hall–Kier alpha value is -0.0800. The Morgan fingerprint density at radius 1 is 1.38 bits per heavy atom. The lowest BCUT2D eigenvalue weighted by molar-refractivity contribution is 0.0562. The predicted octanol–water partition coefficient (Wildman–Crippen LogP) is 1.70. The highest BCUT2D eigenvalue weighted by Crippen LogP contribution is 2.24. The van der Waals surface area contributed by atoms with Crippen LogP contribution in [0.3, 0.4) is 0 Å². The van der Waals surface area contributed by atoms with E-state index in [1.54, 1.807) is 0 Å². The van der Waals surface area contributed by atoms with Gasteiger partial charge in [0.05, 0.1) is 0 Å². The molecule has 0 saturated carbocycles. The molecule has 0 atom stereocenters. The van der Waals surface area contributed by atoms with Gasteiger partial charge in [-0.1, -0.05) is 27.2 Å². The normalized spacial score (nSPS) is 20.3. The van der Waals surface area contributed by atoms with E-state index in [2.05, 4.69) is 25.7 Å².